The van der Waals surface area contributed by atoms with Crippen molar-refractivity contribution in [2.75, 3.05) is 55.6 Å². The molecule has 8 rings (SSSR count). The van der Waals surface area contributed by atoms with E-state index in [9.17, 15) is 9.90 Å². The first-order valence-electron chi connectivity index (χ1n) is 20.0. The van der Waals surface area contributed by atoms with Crippen molar-refractivity contribution < 1.29 is 42.8 Å². The van der Waals surface area contributed by atoms with Crippen molar-refractivity contribution in [2.24, 2.45) is 0 Å². The third kappa shape index (κ3) is 7.49. The zero-order chi connectivity index (χ0) is 39.6. The molecule has 0 saturated carbocycles. The van der Waals surface area contributed by atoms with E-state index < -0.39 is 12.0 Å². The molecule has 6 bridgehead atoms. The summed E-state index contributed by atoms with van der Waals surface area (Å²) in [7, 11) is 10.9. The summed E-state index contributed by atoms with van der Waals surface area (Å²) < 4.78 is 38.0. The molecule has 4 aromatic carbocycles. The molecule has 10 heteroatoms. The molecule has 0 amide bonds. The number of unbranched alkanes of at least 4 members (excludes halogenated alkanes) is 3. The molecule has 4 unspecified atom stereocenters. The maximum absolute atomic E-state index is 13.3. The Kier molecular flexibility index (Phi) is 11.7. The van der Waals surface area contributed by atoms with Gasteiger partial charge in [0.1, 0.15) is 11.8 Å². The van der Waals surface area contributed by atoms with Gasteiger partial charge in [-0.05, 0) is 91.0 Å². The molecule has 0 aromatic heterocycles. The van der Waals surface area contributed by atoms with E-state index in [-0.39, 0.29) is 12.1 Å². The Bertz CT molecular complexity index is 2050. The van der Waals surface area contributed by atoms with Crippen LogP contribution in [0.5, 0.6) is 46.0 Å². The van der Waals surface area contributed by atoms with Crippen LogP contribution in [0.25, 0.3) is 0 Å². The first-order chi connectivity index (χ1) is 27.1. The number of quaternary nitrogens is 1. The number of ether oxygens (including phenoxy) is 6. The lowest BCUT2D eigenvalue weighted by molar-refractivity contribution is -0.956. The second kappa shape index (κ2) is 16.7. The topological polar surface area (TPSA) is 95.9 Å². The highest BCUT2D eigenvalue weighted by Gasteiger charge is 2.48. The summed E-state index contributed by atoms with van der Waals surface area (Å²) in [6, 6.07) is 19.7. The van der Waals surface area contributed by atoms with Crippen LogP contribution in [0.2, 0.25) is 0 Å². The van der Waals surface area contributed by atoms with E-state index in [0.717, 1.165) is 78.5 Å². The second-order valence-corrected chi connectivity index (χ2v) is 15.7. The van der Waals surface area contributed by atoms with Gasteiger partial charge in [-0.25, -0.2) is 4.79 Å². The summed E-state index contributed by atoms with van der Waals surface area (Å²) >= 11 is 0. The molecule has 4 heterocycles. The Balaban J connectivity index is 1.46. The number of nitrogens with zero attached hydrogens (tertiary/aromatic N) is 2. The van der Waals surface area contributed by atoms with Crippen molar-refractivity contribution in [3.05, 3.63) is 94.0 Å². The van der Waals surface area contributed by atoms with Crippen molar-refractivity contribution in [1.82, 2.24) is 4.90 Å². The molecule has 298 valence electrons. The summed E-state index contributed by atoms with van der Waals surface area (Å²) in [6.07, 6.45) is 7.53. The first kappa shape index (κ1) is 39.3. The molecule has 56 heavy (non-hydrogen) atoms. The summed E-state index contributed by atoms with van der Waals surface area (Å²) in [4.78, 5) is 15.6. The SMILES string of the molecule is CCCCCCC(C(=O)O)[N+]1(C)CCc2cc(OC)c3cc2C1Cc1ccc(cc1)Oc1cc(ccc1OC)CC1c2c(cc(OC)c(OC)c2O3)CCN1C. The molecule has 10 nitrogen and oxygen atoms in total. The van der Waals surface area contributed by atoms with E-state index in [1.807, 2.05) is 18.2 Å². The fourth-order valence-corrected chi connectivity index (χ4v) is 9.28. The zero-order valence-corrected chi connectivity index (χ0v) is 34.0. The van der Waals surface area contributed by atoms with Crippen molar-refractivity contribution in [1.29, 1.82) is 0 Å². The lowest BCUT2D eigenvalue weighted by Gasteiger charge is -2.49. The Morgan fingerprint density at radius 3 is 2.23 bits per heavy atom. The summed E-state index contributed by atoms with van der Waals surface area (Å²) in [5, 5.41) is 10.9. The van der Waals surface area contributed by atoms with Gasteiger partial charge in [0.25, 0.3) is 0 Å². The van der Waals surface area contributed by atoms with Gasteiger partial charge in [0.05, 0.1) is 42.0 Å². The Hall–Kier alpha value is -4.93. The van der Waals surface area contributed by atoms with Crippen LogP contribution in [-0.2, 0) is 30.5 Å². The van der Waals surface area contributed by atoms with Crippen molar-refractivity contribution >= 4 is 5.97 Å². The van der Waals surface area contributed by atoms with Crippen LogP contribution in [0.15, 0.2) is 60.7 Å². The number of carboxylic acids is 1. The number of fused-ring (bicyclic) bond motifs is 2. The van der Waals surface area contributed by atoms with Crippen LogP contribution in [0.1, 0.15) is 84.5 Å². The minimum Gasteiger partial charge on any atom is -0.493 e. The minimum atomic E-state index is -0.750. The lowest BCUT2D eigenvalue weighted by Crippen LogP contribution is -2.60. The monoisotopic (exact) mass is 765 g/mol. The third-order valence-electron chi connectivity index (χ3n) is 12.5. The molecule has 4 atom stereocenters. The maximum atomic E-state index is 13.3. The van der Waals surface area contributed by atoms with Crippen LogP contribution in [-0.4, -0.2) is 82.1 Å². The summed E-state index contributed by atoms with van der Waals surface area (Å²) in [5.41, 5.74) is 6.54. The molecule has 0 aliphatic carbocycles. The number of hydrogen-bond donors (Lipinski definition) is 1. The molecule has 0 saturated heterocycles. The predicted molar refractivity (Wildman–Crippen MR) is 216 cm³/mol. The smallest absolute Gasteiger partial charge is 0.362 e. The normalized spacial score (nSPS) is 20.7. The zero-order valence-electron chi connectivity index (χ0n) is 34.0. The molecular formula is C46H57N2O8+. The van der Waals surface area contributed by atoms with Crippen LogP contribution >= 0.6 is 0 Å². The highest BCUT2D eigenvalue weighted by molar-refractivity contribution is 5.72. The van der Waals surface area contributed by atoms with Crippen LogP contribution in [0.4, 0.5) is 0 Å². The van der Waals surface area contributed by atoms with E-state index in [4.69, 9.17) is 28.4 Å². The minimum absolute atomic E-state index is 0.0756. The second-order valence-electron chi connectivity index (χ2n) is 15.7. The number of likely N-dealkylation sites (N-methyl/N-ethyl adjacent to an activating group) is 2. The Labute approximate surface area is 331 Å². The van der Waals surface area contributed by atoms with Gasteiger partial charge >= 0.3 is 5.97 Å². The van der Waals surface area contributed by atoms with Crippen molar-refractivity contribution in [3.63, 3.8) is 0 Å². The molecule has 4 aromatic rings. The summed E-state index contributed by atoms with van der Waals surface area (Å²) in [6.45, 7) is 3.72. The quantitative estimate of drug-likeness (QED) is 0.119. The number of hydrogen-bond acceptors (Lipinski definition) is 8. The first-order valence-corrected chi connectivity index (χ1v) is 20.0. The van der Waals surface area contributed by atoms with Crippen LogP contribution in [0, 0.1) is 0 Å². The molecule has 4 aliphatic heterocycles. The average molecular weight is 766 g/mol. The lowest BCUT2D eigenvalue weighted by atomic mass is 9.84. The number of benzene rings is 4. The molecule has 0 radical (unpaired) electrons. The van der Waals surface area contributed by atoms with Crippen molar-refractivity contribution in [3.8, 4) is 46.0 Å². The van der Waals surface area contributed by atoms with E-state index in [1.54, 1.807) is 28.4 Å². The van der Waals surface area contributed by atoms with E-state index >= 15 is 0 Å². The fourth-order valence-electron chi connectivity index (χ4n) is 9.28. The van der Waals surface area contributed by atoms with Gasteiger partial charge in [-0.2, -0.15) is 0 Å². The average Bonchev–Trinajstić information content (AvgIpc) is 3.20. The van der Waals surface area contributed by atoms with E-state index in [0.29, 0.717) is 76.3 Å². The van der Waals surface area contributed by atoms with Crippen LogP contribution < -0.4 is 28.4 Å². The summed E-state index contributed by atoms with van der Waals surface area (Å²) in [5.74, 6) is 4.09. The number of aliphatic carboxylic acids is 1. The molecule has 0 fully saturated rings. The molecular weight excluding hydrogens is 709 g/mol. The van der Waals surface area contributed by atoms with E-state index in [2.05, 4.69) is 68.4 Å². The van der Waals surface area contributed by atoms with Gasteiger partial charge in [-0.3, -0.25) is 4.90 Å². The maximum Gasteiger partial charge on any atom is 0.362 e. The highest BCUT2D eigenvalue weighted by Crippen LogP contribution is 2.52. The largest absolute Gasteiger partial charge is 0.493 e. The number of carboxylic acid groups (broad SMARTS) is 1. The predicted octanol–water partition coefficient (Wildman–Crippen LogP) is 9.10. The van der Waals surface area contributed by atoms with Gasteiger partial charge in [0.2, 0.25) is 5.75 Å². The molecule has 1 N–H and O–H groups in total. The molecule has 4 aliphatic rings. The number of rotatable bonds is 11. The number of methoxy groups -OCH3 is 4. The molecule has 0 spiro atoms. The van der Waals surface area contributed by atoms with Gasteiger partial charge < -0.3 is 38.0 Å². The Morgan fingerprint density at radius 2 is 1.54 bits per heavy atom. The highest BCUT2D eigenvalue weighted by atomic mass is 16.5. The van der Waals surface area contributed by atoms with Gasteiger partial charge in [0, 0.05) is 43.0 Å². The third-order valence-corrected chi connectivity index (χ3v) is 12.5. The van der Waals surface area contributed by atoms with Gasteiger partial charge in [-0.1, -0.05) is 44.4 Å². The van der Waals surface area contributed by atoms with Gasteiger partial charge in [-0.15, -0.1) is 0 Å². The Morgan fingerprint density at radius 1 is 0.821 bits per heavy atom. The standard InChI is InChI=1S/C46H56N2O8/c1-8-9-10-11-12-36(46(49)50)48(3)22-20-31-26-39(52-5)41-28-34(31)37(48)24-29-13-16-33(17-14-29)55-40-25-30(15-18-38(40)51-4)23-35-43-32(19-21-47(35)2)27-42(53-6)44(54-7)45(43)56-41/h13-18,25-28,35-37H,8-12,19-24H2,1-7H3/p+1. The number of carbonyl (C=O) groups is 1. The fraction of sp³-hybridized carbons (Fsp3) is 0.457. The van der Waals surface area contributed by atoms with Crippen molar-refractivity contribution in [2.45, 2.75) is 82.8 Å². The van der Waals surface area contributed by atoms with E-state index in [1.165, 1.54) is 0 Å². The van der Waals surface area contributed by atoms with Gasteiger partial charge in [0.15, 0.2) is 40.5 Å². The van der Waals surface area contributed by atoms with Crippen LogP contribution in [0.3, 0.4) is 0 Å².